The summed E-state index contributed by atoms with van der Waals surface area (Å²) in [5.41, 5.74) is 0.886. The van der Waals surface area contributed by atoms with E-state index in [1.165, 1.54) is 6.33 Å². The zero-order valence-corrected chi connectivity index (χ0v) is 14.1. The molecule has 1 amide bonds. The number of imidazole rings is 1. The van der Waals surface area contributed by atoms with E-state index in [0.29, 0.717) is 23.4 Å². The van der Waals surface area contributed by atoms with Crippen LogP contribution in [-0.4, -0.2) is 54.5 Å². The lowest BCUT2D eigenvalue weighted by Gasteiger charge is -2.14. The summed E-state index contributed by atoms with van der Waals surface area (Å²) in [6, 6.07) is 0. The third kappa shape index (κ3) is 3.05. The van der Waals surface area contributed by atoms with Crippen molar-refractivity contribution in [2.24, 2.45) is 5.92 Å². The summed E-state index contributed by atoms with van der Waals surface area (Å²) >= 11 is 5.13. The van der Waals surface area contributed by atoms with E-state index in [1.54, 1.807) is 18.4 Å². The van der Waals surface area contributed by atoms with Crippen LogP contribution in [0.3, 0.4) is 0 Å². The van der Waals surface area contributed by atoms with Crippen LogP contribution in [0.1, 0.15) is 26.5 Å². The third-order valence-electron chi connectivity index (χ3n) is 3.91. The second-order valence-corrected chi connectivity index (χ2v) is 6.39. The molecule has 0 bridgehead atoms. The van der Waals surface area contributed by atoms with Gasteiger partial charge in [0, 0.05) is 12.3 Å². The summed E-state index contributed by atoms with van der Waals surface area (Å²) in [4.78, 5) is 23.3. The molecule has 2 aromatic rings. The molecule has 1 fully saturated rings. The van der Waals surface area contributed by atoms with Crippen molar-refractivity contribution in [1.29, 1.82) is 0 Å². The Bertz CT molecular complexity index is 817. The lowest BCUT2D eigenvalue weighted by atomic mass is 10.2. The molecule has 0 saturated carbocycles. The highest BCUT2D eigenvalue weighted by atomic mass is 32.1. The number of aliphatic hydroxyl groups excluding tert-OH is 2. The summed E-state index contributed by atoms with van der Waals surface area (Å²) < 4.78 is 7.46. The molecule has 4 N–H and O–H groups in total. The number of ether oxygens (including phenoxy) is 1. The predicted molar refractivity (Wildman–Crippen MR) is 87.8 cm³/mol. The maximum atomic E-state index is 11.9. The van der Waals surface area contributed by atoms with Crippen LogP contribution in [-0.2, 0) is 9.53 Å². The number of fused-ring (bicyclic) bond motifs is 1. The zero-order chi connectivity index (χ0) is 17.4. The van der Waals surface area contributed by atoms with E-state index >= 15 is 0 Å². The summed E-state index contributed by atoms with van der Waals surface area (Å²) in [7, 11) is 0. The van der Waals surface area contributed by atoms with Gasteiger partial charge in [0.05, 0.1) is 19.0 Å². The molecule has 1 aliphatic rings. The number of carbonyl (C=O) groups excluding carboxylic acids is 1. The van der Waals surface area contributed by atoms with Crippen molar-refractivity contribution in [3.63, 3.8) is 0 Å². The Morgan fingerprint density at radius 3 is 3.00 bits per heavy atom. The van der Waals surface area contributed by atoms with Crippen LogP contribution in [0, 0.1) is 10.7 Å². The maximum absolute atomic E-state index is 11.9. The summed E-state index contributed by atoms with van der Waals surface area (Å²) in [5, 5.41) is 21.9. The number of aromatic nitrogens is 4. The van der Waals surface area contributed by atoms with E-state index in [1.807, 2.05) is 0 Å². The molecule has 0 aliphatic carbocycles. The zero-order valence-electron chi connectivity index (χ0n) is 13.3. The first kappa shape index (κ1) is 17.0. The molecular formula is C14H19N5O4S. The Hall–Kier alpha value is -1.88. The van der Waals surface area contributed by atoms with Crippen molar-refractivity contribution in [2.75, 3.05) is 11.9 Å². The van der Waals surface area contributed by atoms with Gasteiger partial charge in [-0.25, -0.2) is 4.98 Å². The minimum atomic E-state index is -0.768. The highest BCUT2D eigenvalue weighted by molar-refractivity contribution is 7.71. The number of carbonyl (C=O) groups is 1. The average molecular weight is 353 g/mol. The fraction of sp³-hybridized carbons (Fsp3) is 0.571. The van der Waals surface area contributed by atoms with Crippen LogP contribution < -0.4 is 5.32 Å². The normalized spacial score (nSPS) is 24.0. The first-order valence-corrected chi connectivity index (χ1v) is 8.03. The Morgan fingerprint density at radius 1 is 1.62 bits per heavy atom. The molecule has 10 heteroatoms. The van der Waals surface area contributed by atoms with Crippen LogP contribution in [0.15, 0.2) is 6.33 Å². The van der Waals surface area contributed by atoms with Crippen LogP contribution in [0.25, 0.3) is 11.2 Å². The van der Waals surface area contributed by atoms with Crippen molar-refractivity contribution in [3.8, 4) is 0 Å². The van der Waals surface area contributed by atoms with E-state index in [2.05, 4.69) is 20.3 Å². The molecule has 1 saturated heterocycles. The largest absolute Gasteiger partial charge is 0.394 e. The Labute approximate surface area is 142 Å². The molecule has 0 aromatic carbocycles. The van der Waals surface area contributed by atoms with Crippen molar-refractivity contribution in [1.82, 2.24) is 19.5 Å². The number of nitrogens with one attached hydrogen (secondary N) is 2. The van der Waals surface area contributed by atoms with E-state index in [4.69, 9.17) is 17.0 Å². The number of amides is 1. The molecule has 3 atom stereocenters. The fourth-order valence-electron chi connectivity index (χ4n) is 2.55. The van der Waals surface area contributed by atoms with Crippen LogP contribution in [0.4, 0.5) is 5.82 Å². The molecule has 2 aromatic heterocycles. The van der Waals surface area contributed by atoms with E-state index in [0.717, 1.165) is 0 Å². The van der Waals surface area contributed by atoms with Gasteiger partial charge in [0.2, 0.25) is 5.91 Å². The van der Waals surface area contributed by atoms with Crippen molar-refractivity contribution in [2.45, 2.75) is 38.7 Å². The summed E-state index contributed by atoms with van der Waals surface area (Å²) in [6.45, 7) is 3.29. The summed E-state index contributed by atoms with van der Waals surface area (Å²) in [6.07, 6.45) is -0.110. The lowest BCUT2D eigenvalue weighted by molar-refractivity contribution is -0.118. The Balaban J connectivity index is 1.99. The monoisotopic (exact) mass is 353 g/mol. The molecule has 130 valence electrons. The molecule has 0 spiro atoms. The second-order valence-electron chi connectivity index (χ2n) is 6.00. The topological polar surface area (TPSA) is 125 Å². The van der Waals surface area contributed by atoms with Gasteiger partial charge < -0.3 is 25.3 Å². The van der Waals surface area contributed by atoms with Gasteiger partial charge in [0.1, 0.15) is 23.7 Å². The van der Waals surface area contributed by atoms with E-state index in [9.17, 15) is 15.0 Å². The molecule has 3 rings (SSSR count). The highest BCUT2D eigenvalue weighted by Gasteiger charge is 2.35. The van der Waals surface area contributed by atoms with Gasteiger partial charge in [-0.05, 0) is 12.2 Å². The number of nitrogens with zero attached hydrogens (tertiary/aromatic N) is 3. The molecule has 9 nitrogen and oxygen atoms in total. The molecule has 1 aliphatic heterocycles. The van der Waals surface area contributed by atoms with Gasteiger partial charge in [-0.1, -0.05) is 13.8 Å². The number of aliphatic hydroxyl groups is 2. The minimum absolute atomic E-state index is 0.171. The van der Waals surface area contributed by atoms with Gasteiger partial charge in [0.15, 0.2) is 10.4 Å². The summed E-state index contributed by atoms with van der Waals surface area (Å²) in [5.74, 6) is 0.00573. The first-order valence-electron chi connectivity index (χ1n) is 7.62. The fourth-order valence-corrected chi connectivity index (χ4v) is 2.74. The number of aromatic amines is 1. The van der Waals surface area contributed by atoms with Crippen LogP contribution in [0.5, 0.6) is 0 Å². The quantitative estimate of drug-likeness (QED) is 0.597. The Morgan fingerprint density at radius 2 is 2.38 bits per heavy atom. The third-order valence-corrected chi connectivity index (χ3v) is 4.10. The van der Waals surface area contributed by atoms with E-state index in [-0.39, 0.29) is 23.2 Å². The number of anilines is 1. The molecule has 3 heterocycles. The van der Waals surface area contributed by atoms with Crippen molar-refractivity contribution < 1.29 is 19.7 Å². The van der Waals surface area contributed by atoms with Gasteiger partial charge in [0.25, 0.3) is 0 Å². The number of hydrogen-bond acceptors (Lipinski definition) is 7. The molecular weight excluding hydrogens is 334 g/mol. The van der Waals surface area contributed by atoms with Crippen LogP contribution in [0.2, 0.25) is 0 Å². The molecule has 24 heavy (non-hydrogen) atoms. The lowest BCUT2D eigenvalue weighted by Crippen LogP contribution is -2.24. The smallest absolute Gasteiger partial charge is 0.228 e. The van der Waals surface area contributed by atoms with Gasteiger partial charge in [-0.3, -0.25) is 9.36 Å². The standard InChI is InChI=1S/C14H19N5O4S/c1-6(2)13(22)16-11-10-12(18-14(24)17-11)19(5-15-10)9-3-7(21)8(4-20)23-9/h5-9,20-21H,3-4H2,1-2H3,(H2,16,17,18,22,24)/t7-,8+,9+/m0/s1. The van der Waals surface area contributed by atoms with Gasteiger partial charge in [-0.2, -0.15) is 4.98 Å². The second kappa shape index (κ2) is 6.55. The number of H-pyrrole nitrogens is 1. The van der Waals surface area contributed by atoms with Gasteiger partial charge >= 0.3 is 0 Å². The van der Waals surface area contributed by atoms with Crippen LogP contribution >= 0.6 is 12.2 Å². The number of hydrogen-bond donors (Lipinski definition) is 4. The van der Waals surface area contributed by atoms with Gasteiger partial charge in [-0.15, -0.1) is 0 Å². The number of rotatable bonds is 4. The van der Waals surface area contributed by atoms with Crippen molar-refractivity contribution >= 4 is 35.1 Å². The Kier molecular flexibility index (Phi) is 4.63. The average Bonchev–Trinajstić information content (AvgIpc) is 3.10. The van der Waals surface area contributed by atoms with Crippen molar-refractivity contribution in [3.05, 3.63) is 11.1 Å². The predicted octanol–water partition coefficient (Wildman–Crippen LogP) is 0.724. The maximum Gasteiger partial charge on any atom is 0.228 e. The minimum Gasteiger partial charge on any atom is -0.394 e. The highest BCUT2D eigenvalue weighted by Crippen LogP contribution is 2.31. The first-order chi connectivity index (χ1) is 11.4. The molecule has 0 unspecified atom stereocenters. The van der Waals surface area contributed by atoms with E-state index < -0.39 is 18.4 Å². The molecule has 0 radical (unpaired) electrons. The SMILES string of the molecule is CC(C)C(=O)Nc1[nH]c(=S)nc2c1ncn2[C@H]1C[C@H](O)[C@@H](CO)O1.